The normalized spacial score (nSPS) is 24.3. The molecule has 1 amide bonds. The first-order chi connectivity index (χ1) is 11.6. The van der Waals surface area contributed by atoms with Crippen LogP contribution in [0.5, 0.6) is 0 Å². The molecule has 0 aromatic heterocycles. The zero-order valence-electron chi connectivity index (χ0n) is 14.9. The minimum atomic E-state index is 0.0604. The average molecular weight is 330 g/mol. The summed E-state index contributed by atoms with van der Waals surface area (Å²) in [5, 5.41) is 6.64. The minimum absolute atomic E-state index is 0.0604. The lowest BCUT2D eigenvalue weighted by molar-refractivity contribution is -0.00846. The Morgan fingerprint density at radius 1 is 1.29 bits per heavy atom. The number of ether oxygens (including phenoxy) is 1. The van der Waals surface area contributed by atoms with E-state index in [-0.39, 0.29) is 18.1 Å². The van der Waals surface area contributed by atoms with E-state index >= 15 is 0 Å². The number of hydrogen-bond acceptors (Lipinski definition) is 3. The molecule has 2 unspecified atom stereocenters. The van der Waals surface area contributed by atoms with Gasteiger partial charge in [0.15, 0.2) is 0 Å². The van der Waals surface area contributed by atoms with Crippen molar-refractivity contribution in [3.05, 3.63) is 34.9 Å². The third-order valence-corrected chi connectivity index (χ3v) is 5.05. The molecule has 3 rings (SSSR count). The third kappa shape index (κ3) is 4.58. The number of amides is 1. The fourth-order valence-electron chi connectivity index (χ4n) is 3.78. The standard InChI is InChI=1S/C20H30N2O2/c1-14(2)11-19-13-18(7-10-24-19)22-20(23)17-4-3-15-5-8-21-9-6-16(15)12-17/h3-4,12,14,18-19,21H,5-11,13H2,1-2H3,(H,22,23). The van der Waals surface area contributed by atoms with Gasteiger partial charge < -0.3 is 15.4 Å². The van der Waals surface area contributed by atoms with Crippen LogP contribution >= 0.6 is 0 Å². The number of rotatable bonds is 4. The zero-order chi connectivity index (χ0) is 16.9. The van der Waals surface area contributed by atoms with Crippen LogP contribution < -0.4 is 10.6 Å². The molecule has 1 saturated heterocycles. The van der Waals surface area contributed by atoms with Gasteiger partial charge in [0.2, 0.25) is 0 Å². The summed E-state index contributed by atoms with van der Waals surface area (Å²) in [6.07, 6.45) is 5.24. The predicted molar refractivity (Wildman–Crippen MR) is 96.4 cm³/mol. The number of benzene rings is 1. The smallest absolute Gasteiger partial charge is 0.251 e. The molecule has 1 aromatic carbocycles. The molecule has 0 spiro atoms. The van der Waals surface area contributed by atoms with Crippen molar-refractivity contribution in [2.75, 3.05) is 19.7 Å². The molecule has 4 nitrogen and oxygen atoms in total. The van der Waals surface area contributed by atoms with Crippen molar-refractivity contribution >= 4 is 5.91 Å². The highest BCUT2D eigenvalue weighted by atomic mass is 16.5. The van der Waals surface area contributed by atoms with E-state index in [0.29, 0.717) is 5.92 Å². The molecule has 0 radical (unpaired) electrons. The molecule has 1 aromatic rings. The summed E-state index contributed by atoms with van der Waals surface area (Å²) in [6.45, 7) is 7.21. The van der Waals surface area contributed by atoms with Crippen molar-refractivity contribution in [3.63, 3.8) is 0 Å². The zero-order valence-corrected chi connectivity index (χ0v) is 14.9. The topological polar surface area (TPSA) is 50.4 Å². The monoisotopic (exact) mass is 330 g/mol. The predicted octanol–water partition coefficient (Wildman–Crippen LogP) is 2.70. The quantitative estimate of drug-likeness (QED) is 0.892. The van der Waals surface area contributed by atoms with Crippen LogP contribution in [-0.4, -0.2) is 37.7 Å². The Morgan fingerprint density at radius 3 is 2.88 bits per heavy atom. The van der Waals surface area contributed by atoms with E-state index in [1.807, 2.05) is 6.07 Å². The first kappa shape index (κ1) is 17.4. The Bertz CT molecular complexity index is 571. The summed E-state index contributed by atoms with van der Waals surface area (Å²) in [4.78, 5) is 12.6. The van der Waals surface area contributed by atoms with E-state index in [9.17, 15) is 4.79 Å². The molecule has 2 aliphatic rings. The van der Waals surface area contributed by atoms with Crippen molar-refractivity contribution in [2.24, 2.45) is 5.92 Å². The first-order valence-electron chi connectivity index (χ1n) is 9.37. The Morgan fingerprint density at radius 2 is 2.08 bits per heavy atom. The molecule has 1 fully saturated rings. The van der Waals surface area contributed by atoms with Crippen LogP contribution in [0.2, 0.25) is 0 Å². The van der Waals surface area contributed by atoms with Crippen molar-refractivity contribution in [1.29, 1.82) is 0 Å². The van der Waals surface area contributed by atoms with E-state index in [0.717, 1.165) is 57.4 Å². The Hall–Kier alpha value is -1.39. The van der Waals surface area contributed by atoms with Crippen LogP contribution in [0.25, 0.3) is 0 Å². The van der Waals surface area contributed by atoms with E-state index in [1.54, 1.807) is 0 Å². The first-order valence-corrected chi connectivity index (χ1v) is 9.37. The molecule has 0 bridgehead atoms. The van der Waals surface area contributed by atoms with E-state index in [4.69, 9.17) is 4.74 Å². The lowest BCUT2D eigenvalue weighted by Crippen LogP contribution is -2.42. The minimum Gasteiger partial charge on any atom is -0.378 e. The summed E-state index contributed by atoms with van der Waals surface area (Å²) in [6, 6.07) is 6.42. The molecular weight excluding hydrogens is 300 g/mol. The fourth-order valence-corrected chi connectivity index (χ4v) is 3.78. The van der Waals surface area contributed by atoms with Gasteiger partial charge in [-0.3, -0.25) is 4.79 Å². The van der Waals surface area contributed by atoms with E-state index in [2.05, 4.69) is 36.6 Å². The maximum absolute atomic E-state index is 12.6. The number of fused-ring (bicyclic) bond motifs is 1. The third-order valence-electron chi connectivity index (χ3n) is 5.05. The number of carbonyl (C=O) groups is 1. The van der Waals surface area contributed by atoms with Gasteiger partial charge in [0, 0.05) is 18.2 Å². The maximum Gasteiger partial charge on any atom is 0.251 e. The molecule has 4 heteroatoms. The lowest BCUT2D eigenvalue weighted by atomic mass is 9.95. The second kappa shape index (κ2) is 8.13. The van der Waals surface area contributed by atoms with Crippen LogP contribution in [0.4, 0.5) is 0 Å². The second-order valence-electron chi connectivity index (χ2n) is 7.55. The van der Waals surface area contributed by atoms with Gasteiger partial charge >= 0.3 is 0 Å². The molecule has 2 heterocycles. The largest absolute Gasteiger partial charge is 0.378 e. The van der Waals surface area contributed by atoms with Crippen LogP contribution in [0.1, 0.15) is 54.6 Å². The molecule has 0 aliphatic carbocycles. The second-order valence-corrected chi connectivity index (χ2v) is 7.55. The van der Waals surface area contributed by atoms with Gasteiger partial charge in [-0.05, 0) is 74.4 Å². The van der Waals surface area contributed by atoms with Crippen molar-refractivity contribution in [3.8, 4) is 0 Å². The Balaban J connectivity index is 1.61. The molecule has 2 N–H and O–H groups in total. The van der Waals surface area contributed by atoms with Gasteiger partial charge in [-0.1, -0.05) is 19.9 Å². The summed E-state index contributed by atoms with van der Waals surface area (Å²) < 4.78 is 5.84. The van der Waals surface area contributed by atoms with Gasteiger partial charge in [0.25, 0.3) is 5.91 Å². The lowest BCUT2D eigenvalue weighted by Gasteiger charge is -2.31. The molecule has 2 atom stereocenters. The molecule has 24 heavy (non-hydrogen) atoms. The average Bonchev–Trinajstić information content (AvgIpc) is 2.79. The van der Waals surface area contributed by atoms with Crippen LogP contribution in [0.3, 0.4) is 0 Å². The highest BCUT2D eigenvalue weighted by Crippen LogP contribution is 2.21. The summed E-state index contributed by atoms with van der Waals surface area (Å²) >= 11 is 0. The van der Waals surface area contributed by atoms with Gasteiger partial charge in [0.1, 0.15) is 0 Å². The van der Waals surface area contributed by atoms with Gasteiger partial charge in [0.05, 0.1) is 6.10 Å². The Kier molecular flexibility index (Phi) is 5.90. The van der Waals surface area contributed by atoms with Crippen molar-refractivity contribution < 1.29 is 9.53 Å². The summed E-state index contributed by atoms with van der Waals surface area (Å²) in [5.74, 6) is 0.688. The van der Waals surface area contributed by atoms with Gasteiger partial charge in [-0.2, -0.15) is 0 Å². The highest BCUT2D eigenvalue weighted by molar-refractivity contribution is 5.94. The molecule has 2 aliphatic heterocycles. The highest BCUT2D eigenvalue weighted by Gasteiger charge is 2.25. The van der Waals surface area contributed by atoms with E-state index < -0.39 is 0 Å². The summed E-state index contributed by atoms with van der Waals surface area (Å²) in [5.41, 5.74) is 3.49. The van der Waals surface area contributed by atoms with Gasteiger partial charge in [-0.15, -0.1) is 0 Å². The molecular formula is C20H30N2O2. The number of carbonyl (C=O) groups excluding carboxylic acids is 1. The maximum atomic E-state index is 12.6. The number of hydrogen-bond donors (Lipinski definition) is 2. The summed E-state index contributed by atoms with van der Waals surface area (Å²) in [7, 11) is 0. The fraction of sp³-hybridized carbons (Fsp3) is 0.650. The van der Waals surface area contributed by atoms with Crippen molar-refractivity contribution in [1.82, 2.24) is 10.6 Å². The van der Waals surface area contributed by atoms with Crippen LogP contribution in [0, 0.1) is 5.92 Å². The van der Waals surface area contributed by atoms with E-state index in [1.165, 1.54) is 11.1 Å². The van der Waals surface area contributed by atoms with Crippen molar-refractivity contribution in [2.45, 2.75) is 58.1 Å². The Labute approximate surface area is 145 Å². The number of nitrogens with one attached hydrogen (secondary N) is 2. The van der Waals surface area contributed by atoms with Crippen LogP contribution in [-0.2, 0) is 17.6 Å². The van der Waals surface area contributed by atoms with Gasteiger partial charge in [-0.25, -0.2) is 0 Å². The molecule has 132 valence electrons. The molecule has 0 saturated carbocycles. The van der Waals surface area contributed by atoms with Crippen LogP contribution in [0.15, 0.2) is 18.2 Å². The SMILES string of the molecule is CC(C)CC1CC(NC(=O)c2ccc3c(c2)CCNCC3)CCO1.